The fourth-order valence-corrected chi connectivity index (χ4v) is 4.50. The Bertz CT molecular complexity index is 742. The van der Waals surface area contributed by atoms with Gasteiger partial charge in [0.25, 0.3) is 0 Å². The first-order chi connectivity index (χ1) is 11.9. The summed E-state index contributed by atoms with van der Waals surface area (Å²) in [6.45, 7) is 1.27. The van der Waals surface area contributed by atoms with Crippen LogP contribution in [-0.4, -0.2) is 19.1 Å². The fourth-order valence-electron chi connectivity index (χ4n) is 3.54. The van der Waals surface area contributed by atoms with Crippen LogP contribution >= 0.6 is 11.8 Å². The lowest BCUT2D eigenvalue weighted by molar-refractivity contribution is 0.174. The molecule has 0 N–H and O–H groups in total. The van der Waals surface area contributed by atoms with Crippen molar-refractivity contribution in [1.29, 1.82) is 0 Å². The highest BCUT2D eigenvalue weighted by atomic mass is 32.2. The van der Waals surface area contributed by atoms with E-state index >= 15 is 0 Å². The molecule has 2 aliphatic heterocycles. The maximum atomic E-state index is 5.56. The Morgan fingerprint density at radius 1 is 0.917 bits per heavy atom. The molecule has 0 unspecified atom stereocenters. The zero-order valence-corrected chi connectivity index (χ0v) is 14.3. The van der Waals surface area contributed by atoms with Crippen LogP contribution in [0.2, 0.25) is 0 Å². The molecule has 1 radical (unpaired) electrons. The molecule has 1 atom stereocenters. The Hall–Kier alpha value is -1.81. The summed E-state index contributed by atoms with van der Waals surface area (Å²) in [4.78, 5) is 2.46. The molecule has 24 heavy (non-hydrogen) atoms. The van der Waals surface area contributed by atoms with Crippen LogP contribution in [0.5, 0.6) is 11.5 Å². The summed E-state index contributed by atoms with van der Waals surface area (Å²) in [5.41, 5.74) is 4.10. The minimum absolute atomic E-state index is 0.326. The topological polar surface area (TPSA) is 21.7 Å². The smallest absolute Gasteiger partial charge is 0.231 e. The van der Waals surface area contributed by atoms with Crippen molar-refractivity contribution in [2.45, 2.75) is 24.8 Å². The molecule has 1 aliphatic carbocycles. The lowest BCUT2D eigenvalue weighted by Crippen LogP contribution is -2.34. The van der Waals surface area contributed by atoms with E-state index < -0.39 is 0 Å². The molecule has 3 nitrogen and oxygen atoms in total. The minimum Gasteiger partial charge on any atom is -0.454 e. The van der Waals surface area contributed by atoms with Gasteiger partial charge >= 0.3 is 0 Å². The van der Waals surface area contributed by atoms with Crippen LogP contribution in [0.25, 0.3) is 0 Å². The van der Waals surface area contributed by atoms with Gasteiger partial charge in [-0.25, -0.2) is 0 Å². The van der Waals surface area contributed by atoms with Gasteiger partial charge in [0.1, 0.15) is 0 Å². The largest absolute Gasteiger partial charge is 0.454 e. The Morgan fingerprint density at radius 2 is 1.71 bits per heavy atom. The van der Waals surface area contributed by atoms with E-state index in [9.17, 15) is 0 Å². The average molecular weight is 338 g/mol. The maximum Gasteiger partial charge on any atom is 0.231 e. The summed E-state index contributed by atoms with van der Waals surface area (Å²) in [6, 6.07) is 16.0. The maximum absolute atomic E-state index is 5.56. The van der Waals surface area contributed by atoms with Crippen LogP contribution in [0.4, 0.5) is 5.69 Å². The van der Waals surface area contributed by atoms with Gasteiger partial charge in [0.05, 0.1) is 6.04 Å². The number of hydrogen-bond donors (Lipinski definition) is 0. The molecule has 2 aromatic carbocycles. The molecule has 123 valence electrons. The Balaban J connectivity index is 1.44. The third-order valence-corrected chi connectivity index (χ3v) is 5.97. The zero-order chi connectivity index (χ0) is 15.9. The number of hydrogen-bond acceptors (Lipinski definition) is 4. The SMILES string of the molecule is [CH]1CN(c2ccc3c(c2)OCO3)[C@@H](c2ccc(C3CC3)cc2)CS1. The summed E-state index contributed by atoms with van der Waals surface area (Å²) in [6.07, 6.45) is 2.72. The summed E-state index contributed by atoms with van der Waals surface area (Å²) in [7, 11) is 0. The van der Waals surface area contributed by atoms with Crippen molar-refractivity contribution in [3.63, 3.8) is 0 Å². The van der Waals surface area contributed by atoms with Crippen LogP contribution in [0.15, 0.2) is 42.5 Å². The average Bonchev–Trinajstić information content (AvgIpc) is 3.39. The second-order valence-electron chi connectivity index (χ2n) is 6.65. The number of anilines is 1. The highest BCUT2D eigenvalue weighted by Gasteiger charge is 2.28. The molecule has 2 fully saturated rings. The molecular weight excluding hydrogens is 318 g/mol. The molecule has 1 saturated heterocycles. The van der Waals surface area contributed by atoms with Crippen LogP contribution in [0.1, 0.15) is 35.9 Å². The molecule has 0 aromatic heterocycles. The predicted octanol–water partition coefficient (Wildman–Crippen LogP) is 4.75. The van der Waals surface area contributed by atoms with Crippen molar-refractivity contribution in [2.75, 3.05) is 24.0 Å². The van der Waals surface area contributed by atoms with Crippen molar-refractivity contribution < 1.29 is 9.47 Å². The van der Waals surface area contributed by atoms with Gasteiger partial charge in [0.2, 0.25) is 6.79 Å². The summed E-state index contributed by atoms with van der Waals surface area (Å²) < 4.78 is 11.0. The van der Waals surface area contributed by atoms with Gasteiger partial charge in [-0.1, -0.05) is 24.3 Å². The van der Waals surface area contributed by atoms with Gasteiger partial charge < -0.3 is 14.4 Å². The number of thioether (sulfide) groups is 1. The number of benzene rings is 2. The lowest BCUT2D eigenvalue weighted by Gasteiger charge is -2.37. The first kappa shape index (κ1) is 14.5. The van der Waals surface area contributed by atoms with Crippen LogP contribution in [0, 0.1) is 5.75 Å². The molecule has 3 aliphatic rings. The van der Waals surface area contributed by atoms with Crippen LogP contribution in [-0.2, 0) is 0 Å². The van der Waals surface area contributed by atoms with Gasteiger partial charge in [-0.05, 0) is 42.0 Å². The highest BCUT2D eigenvalue weighted by molar-refractivity contribution is 8.01. The molecule has 5 rings (SSSR count). The van der Waals surface area contributed by atoms with E-state index in [2.05, 4.69) is 47.1 Å². The van der Waals surface area contributed by atoms with E-state index in [0.29, 0.717) is 12.8 Å². The second-order valence-corrected chi connectivity index (χ2v) is 7.65. The van der Waals surface area contributed by atoms with E-state index in [1.165, 1.54) is 29.7 Å². The Morgan fingerprint density at radius 3 is 2.54 bits per heavy atom. The van der Waals surface area contributed by atoms with Crippen molar-refractivity contribution >= 4 is 17.4 Å². The van der Waals surface area contributed by atoms with Crippen molar-refractivity contribution in [2.24, 2.45) is 0 Å². The minimum atomic E-state index is 0.326. The highest BCUT2D eigenvalue weighted by Crippen LogP contribution is 2.42. The predicted molar refractivity (Wildman–Crippen MR) is 97.8 cm³/mol. The molecule has 2 aromatic rings. The van der Waals surface area contributed by atoms with E-state index in [1.807, 2.05) is 17.8 Å². The fraction of sp³-hybridized carbons (Fsp3) is 0.350. The first-order valence-corrected chi connectivity index (χ1v) is 9.63. The molecule has 0 spiro atoms. The number of nitrogens with zero attached hydrogens (tertiary/aromatic N) is 1. The van der Waals surface area contributed by atoms with Crippen molar-refractivity contribution in [3.05, 3.63) is 59.3 Å². The summed E-state index contributed by atoms with van der Waals surface area (Å²) >= 11 is 1.92. The molecule has 4 heteroatoms. The first-order valence-electron chi connectivity index (χ1n) is 8.58. The molecule has 0 bridgehead atoms. The number of ether oxygens (including phenoxy) is 2. The van der Waals surface area contributed by atoms with Crippen LogP contribution < -0.4 is 14.4 Å². The summed E-state index contributed by atoms with van der Waals surface area (Å²) in [5, 5.41) is 0. The van der Waals surface area contributed by atoms with E-state index in [0.717, 1.165) is 29.7 Å². The third-order valence-electron chi connectivity index (χ3n) is 5.08. The Kier molecular flexibility index (Phi) is 3.58. The van der Waals surface area contributed by atoms with E-state index in [-0.39, 0.29) is 0 Å². The van der Waals surface area contributed by atoms with Crippen LogP contribution in [0.3, 0.4) is 0 Å². The lowest BCUT2D eigenvalue weighted by atomic mass is 10.0. The van der Waals surface area contributed by atoms with E-state index in [1.54, 1.807) is 0 Å². The van der Waals surface area contributed by atoms with Crippen molar-refractivity contribution in [3.8, 4) is 11.5 Å². The Labute approximate surface area is 147 Å². The van der Waals surface area contributed by atoms with Gasteiger partial charge in [-0.2, -0.15) is 11.8 Å². The standard InChI is InChI=1S/C20H20NO2S/c1-2-14(1)15-3-5-16(6-4-15)18-12-24-10-9-21(18)17-7-8-19-20(11-17)23-13-22-19/h3-8,10-11,14,18H,1-2,9,12-13H2/t18-/m1/s1. The van der Waals surface area contributed by atoms with Gasteiger partial charge in [0, 0.05) is 29.8 Å². The van der Waals surface area contributed by atoms with Crippen molar-refractivity contribution in [1.82, 2.24) is 0 Å². The quantitative estimate of drug-likeness (QED) is 0.805. The monoisotopic (exact) mass is 338 g/mol. The number of fused-ring (bicyclic) bond motifs is 1. The van der Waals surface area contributed by atoms with Gasteiger partial charge in [-0.15, -0.1) is 0 Å². The molecule has 0 amide bonds. The normalized spacial score (nSPS) is 22.7. The molecule has 2 heterocycles. The summed E-state index contributed by atoms with van der Waals surface area (Å²) in [5.74, 6) is 5.89. The zero-order valence-electron chi connectivity index (χ0n) is 13.5. The van der Waals surface area contributed by atoms with E-state index in [4.69, 9.17) is 9.47 Å². The molecule has 1 saturated carbocycles. The molecular formula is C20H20NO2S. The third kappa shape index (κ3) is 2.63. The second kappa shape index (κ2) is 5.92. The van der Waals surface area contributed by atoms with Gasteiger partial charge in [0.15, 0.2) is 11.5 Å². The number of rotatable bonds is 3. The van der Waals surface area contributed by atoms with Gasteiger partial charge in [-0.3, -0.25) is 0 Å².